The van der Waals surface area contributed by atoms with E-state index in [1.165, 1.54) is 43.6 Å². The number of methoxy groups -OCH3 is 1. The second-order valence-electron chi connectivity index (χ2n) is 7.92. The van der Waals surface area contributed by atoms with Crippen LogP contribution in [0.5, 0.6) is 5.75 Å². The fourth-order valence-corrected chi connectivity index (χ4v) is 4.00. The Balaban J connectivity index is 1.36. The summed E-state index contributed by atoms with van der Waals surface area (Å²) in [4.78, 5) is 5.06. The Morgan fingerprint density at radius 1 is 1.04 bits per heavy atom. The third kappa shape index (κ3) is 6.12. The van der Waals surface area contributed by atoms with E-state index in [1.807, 2.05) is 12.1 Å². The maximum absolute atomic E-state index is 5.43. The molecular weight excluding hydrogens is 344 g/mol. The summed E-state index contributed by atoms with van der Waals surface area (Å²) in [5.74, 6) is 4.41. The Hall–Kier alpha value is -2.28. The Kier molecular flexibility index (Phi) is 7.54. The third-order valence-electron chi connectivity index (χ3n) is 5.73. The molecule has 3 nitrogen and oxygen atoms in total. The minimum absolute atomic E-state index is 0.798. The fraction of sp³-hybridized carbons (Fsp3) is 0.440. The summed E-state index contributed by atoms with van der Waals surface area (Å²) in [6.45, 7) is 5.74. The number of benzene rings is 2. The highest BCUT2D eigenvalue weighted by atomic mass is 16.5. The molecule has 0 saturated carbocycles. The average Bonchev–Trinajstić information content (AvgIpc) is 2.74. The van der Waals surface area contributed by atoms with Gasteiger partial charge in [0.05, 0.1) is 7.11 Å². The number of rotatable bonds is 8. The lowest BCUT2D eigenvalue weighted by Crippen LogP contribution is -2.38. The van der Waals surface area contributed by atoms with Gasteiger partial charge in [0.2, 0.25) is 0 Å². The van der Waals surface area contributed by atoms with E-state index in [9.17, 15) is 0 Å². The second-order valence-corrected chi connectivity index (χ2v) is 7.92. The van der Waals surface area contributed by atoms with Gasteiger partial charge in [0.25, 0.3) is 0 Å². The largest absolute Gasteiger partial charge is 0.497 e. The molecule has 148 valence electrons. The Morgan fingerprint density at radius 2 is 1.68 bits per heavy atom. The maximum atomic E-state index is 5.43. The number of ether oxygens (including phenoxy) is 1. The molecule has 0 N–H and O–H groups in total. The van der Waals surface area contributed by atoms with Gasteiger partial charge < -0.3 is 14.5 Å². The molecule has 0 amide bonds. The highest BCUT2D eigenvalue weighted by Crippen LogP contribution is 2.20. The fourth-order valence-electron chi connectivity index (χ4n) is 4.00. The number of piperidine rings is 1. The highest BCUT2D eigenvalue weighted by Gasteiger charge is 2.20. The van der Waals surface area contributed by atoms with E-state index < -0.39 is 0 Å². The predicted molar refractivity (Wildman–Crippen MR) is 117 cm³/mol. The molecule has 1 saturated heterocycles. The SMILES string of the molecule is C#Cc1ccc(CN(C)CC2CCN(CCc3ccc(OC)cc3)CC2)cc1. The first-order valence-electron chi connectivity index (χ1n) is 10.3. The van der Waals surface area contributed by atoms with Crippen LogP contribution in [0.3, 0.4) is 0 Å². The minimum atomic E-state index is 0.798. The van der Waals surface area contributed by atoms with Gasteiger partial charge in [-0.1, -0.05) is 30.2 Å². The van der Waals surface area contributed by atoms with Crippen molar-refractivity contribution in [2.75, 3.05) is 40.3 Å². The Labute approximate surface area is 170 Å². The van der Waals surface area contributed by atoms with Gasteiger partial charge in [-0.15, -0.1) is 6.42 Å². The summed E-state index contributed by atoms with van der Waals surface area (Å²) in [5, 5.41) is 0. The number of hydrogen-bond donors (Lipinski definition) is 0. The molecule has 0 radical (unpaired) electrons. The summed E-state index contributed by atoms with van der Waals surface area (Å²) < 4.78 is 5.23. The van der Waals surface area contributed by atoms with Crippen LogP contribution in [0.2, 0.25) is 0 Å². The quantitative estimate of drug-likeness (QED) is 0.646. The highest BCUT2D eigenvalue weighted by molar-refractivity contribution is 5.34. The van der Waals surface area contributed by atoms with Crippen molar-refractivity contribution in [3.63, 3.8) is 0 Å². The summed E-state index contributed by atoms with van der Waals surface area (Å²) >= 11 is 0. The van der Waals surface area contributed by atoms with Crippen LogP contribution in [-0.4, -0.2) is 50.1 Å². The van der Waals surface area contributed by atoms with E-state index in [0.29, 0.717) is 0 Å². The van der Waals surface area contributed by atoms with Crippen LogP contribution in [0.25, 0.3) is 0 Å². The summed E-state index contributed by atoms with van der Waals surface area (Å²) in [5.41, 5.74) is 3.67. The monoisotopic (exact) mass is 376 g/mol. The van der Waals surface area contributed by atoms with Crippen molar-refractivity contribution in [1.82, 2.24) is 9.80 Å². The molecule has 2 aromatic rings. The molecule has 28 heavy (non-hydrogen) atoms. The zero-order chi connectivity index (χ0) is 19.8. The van der Waals surface area contributed by atoms with E-state index in [-0.39, 0.29) is 0 Å². The minimum Gasteiger partial charge on any atom is -0.497 e. The van der Waals surface area contributed by atoms with Crippen molar-refractivity contribution in [3.8, 4) is 18.1 Å². The third-order valence-corrected chi connectivity index (χ3v) is 5.73. The normalized spacial score (nSPS) is 15.5. The van der Waals surface area contributed by atoms with Crippen molar-refractivity contribution >= 4 is 0 Å². The van der Waals surface area contributed by atoms with E-state index in [4.69, 9.17) is 11.2 Å². The lowest BCUT2D eigenvalue weighted by Gasteiger charge is -2.34. The van der Waals surface area contributed by atoms with Crippen LogP contribution in [-0.2, 0) is 13.0 Å². The molecule has 1 aliphatic heterocycles. The standard InChI is InChI=1S/C25H32N2O/c1-4-21-5-7-23(8-6-21)19-26(2)20-24-14-17-27(18-15-24)16-13-22-9-11-25(28-3)12-10-22/h1,5-12,24H,13-20H2,2-3H3. The molecule has 2 aromatic carbocycles. The Morgan fingerprint density at radius 3 is 2.29 bits per heavy atom. The van der Waals surface area contributed by atoms with Gasteiger partial charge in [0.1, 0.15) is 5.75 Å². The molecule has 0 bridgehead atoms. The second kappa shape index (κ2) is 10.3. The number of nitrogens with zero attached hydrogens (tertiary/aromatic N) is 2. The van der Waals surface area contributed by atoms with E-state index in [1.54, 1.807) is 7.11 Å². The molecular formula is C25H32N2O. The number of likely N-dealkylation sites (tertiary alicyclic amines) is 1. The smallest absolute Gasteiger partial charge is 0.118 e. The van der Waals surface area contributed by atoms with E-state index in [0.717, 1.165) is 36.7 Å². The topological polar surface area (TPSA) is 15.7 Å². The van der Waals surface area contributed by atoms with Crippen LogP contribution in [0.4, 0.5) is 0 Å². The number of hydrogen-bond acceptors (Lipinski definition) is 3. The first-order valence-corrected chi connectivity index (χ1v) is 10.3. The van der Waals surface area contributed by atoms with Crippen LogP contribution in [0, 0.1) is 18.3 Å². The zero-order valence-corrected chi connectivity index (χ0v) is 17.2. The molecule has 0 unspecified atom stereocenters. The lowest BCUT2D eigenvalue weighted by molar-refractivity contribution is 0.153. The van der Waals surface area contributed by atoms with Crippen LogP contribution in [0.15, 0.2) is 48.5 Å². The lowest BCUT2D eigenvalue weighted by atomic mass is 9.95. The zero-order valence-electron chi connectivity index (χ0n) is 17.2. The van der Waals surface area contributed by atoms with Crippen molar-refractivity contribution in [2.45, 2.75) is 25.8 Å². The summed E-state index contributed by atoms with van der Waals surface area (Å²) in [6, 6.07) is 16.8. The van der Waals surface area contributed by atoms with Crippen molar-refractivity contribution < 1.29 is 4.74 Å². The van der Waals surface area contributed by atoms with E-state index >= 15 is 0 Å². The van der Waals surface area contributed by atoms with Gasteiger partial charge in [-0.2, -0.15) is 0 Å². The molecule has 3 heteroatoms. The Bertz CT molecular complexity index is 753. The van der Waals surface area contributed by atoms with Crippen LogP contribution >= 0.6 is 0 Å². The molecule has 1 aliphatic rings. The van der Waals surface area contributed by atoms with Gasteiger partial charge in [-0.3, -0.25) is 0 Å². The average molecular weight is 377 g/mol. The molecule has 1 heterocycles. The summed E-state index contributed by atoms with van der Waals surface area (Å²) in [7, 11) is 3.94. The summed E-state index contributed by atoms with van der Waals surface area (Å²) in [6.07, 6.45) is 9.14. The van der Waals surface area contributed by atoms with Crippen LogP contribution in [0.1, 0.15) is 29.5 Å². The van der Waals surface area contributed by atoms with Gasteiger partial charge in [-0.25, -0.2) is 0 Å². The first-order chi connectivity index (χ1) is 13.7. The molecule has 0 spiro atoms. The van der Waals surface area contributed by atoms with Gasteiger partial charge in [0.15, 0.2) is 0 Å². The molecule has 0 aliphatic carbocycles. The van der Waals surface area contributed by atoms with Crippen molar-refractivity contribution in [1.29, 1.82) is 0 Å². The molecule has 1 fully saturated rings. The van der Waals surface area contributed by atoms with Gasteiger partial charge in [0, 0.05) is 25.2 Å². The molecule has 3 rings (SSSR count). The van der Waals surface area contributed by atoms with Gasteiger partial charge >= 0.3 is 0 Å². The van der Waals surface area contributed by atoms with Gasteiger partial charge in [-0.05, 0) is 80.7 Å². The van der Waals surface area contributed by atoms with Crippen LogP contribution < -0.4 is 4.74 Å². The maximum Gasteiger partial charge on any atom is 0.118 e. The van der Waals surface area contributed by atoms with Crippen molar-refractivity contribution in [3.05, 3.63) is 65.2 Å². The van der Waals surface area contributed by atoms with Crippen molar-refractivity contribution in [2.24, 2.45) is 5.92 Å². The van der Waals surface area contributed by atoms with E-state index in [2.05, 4.69) is 59.2 Å². The first kappa shape index (κ1) is 20.5. The predicted octanol–water partition coefficient (Wildman–Crippen LogP) is 4.06. The molecule has 0 aromatic heterocycles. The molecule has 0 atom stereocenters. The number of terminal acetylenes is 1.